The summed E-state index contributed by atoms with van der Waals surface area (Å²) in [5.74, 6) is 0.502. The van der Waals surface area contributed by atoms with Gasteiger partial charge in [0, 0.05) is 28.8 Å². The Morgan fingerprint density at radius 3 is 2.29 bits per heavy atom. The Kier molecular flexibility index (Phi) is 8.00. The van der Waals surface area contributed by atoms with E-state index in [0.29, 0.717) is 44.8 Å². The van der Waals surface area contributed by atoms with Crippen LogP contribution < -0.4 is 4.74 Å². The largest absolute Gasteiger partial charge is 0.465 e. The number of hydrogen-bond donors (Lipinski definition) is 0. The second kappa shape index (κ2) is 11.5. The molecule has 208 valence electrons. The molecule has 1 atom stereocenters. The van der Waals surface area contributed by atoms with Gasteiger partial charge in [0.25, 0.3) is 0 Å². The molecule has 1 aliphatic rings. The first-order valence-corrected chi connectivity index (χ1v) is 15.1. The topological polar surface area (TPSA) is 94.4 Å². The number of sulfone groups is 1. The van der Waals surface area contributed by atoms with E-state index in [-0.39, 0.29) is 4.90 Å². The van der Waals surface area contributed by atoms with Gasteiger partial charge >= 0.3 is 5.97 Å². The number of nitrogens with zero attached hydrogens (tertiary/aromatic N) is 2. The summed E-state index contributed by atoms with van der Waals surface area (Å²) in [5, 5.41) is 0.977. The maximum Gasteiger partial charge on any atom is 0.337 e. The molecule has 5 rings (SSSR count). The first-order valence-electron chi connectivity index (χ1n) is 12.4. The molecule has 0 saturated heterocycles. The molecule has 0 radical (unpaired) electrons. The number of halogens is 2. The van der Waals surface area contributed by atoms with Crippen LogP contribution in [0.5, 0.6) is 11.5 Å². The van der Waals surface area contributed by atoms with Crippen LogP contribution in [0, 0.1) is 0 Å². The number of hydrogen-bond acceptors (Lipinski definition) is 7. The van der Waals surface area contributed by atoms with Crippen molar-refractivity contribution in [3.63, 3.8) is 0 Å². The standard InChI is InChI=1S/C31H24Cl2N2O5S/c1-39-30(36)21-8-6-20(7-9-21)18-31(34-19-29(35-31)27-15-12-23(32)16-28(27)33)22-10-13-24(14-11-22)40-25-4-3-5-26(17-25)41(2,37)38/h3-17,19H,18H2,1-2H3. The highest BCUT2D eigenvalue weighted by atomic mass is 35.5. The van der Waals surface area contributed by atoms with E-state index in [2.05, 4.69) is 0 Å². The van der Waals surface area contributed by atoms with Crippen molar-refractivity contribution in [3.8, 4) is 11.5 Å². The van der Waals surface area contributed by atoms with Crippen molar-refractivity contribution in [2.24, 2.45) is 9.98 Å². The predicted octanol–water partition coefficient (Wildman–Crippen LogP) is 6.95. The van der Waals surface area contributed by atoms with Crippen molar-refractivity contribution in [1.82, 2.24) is 0 Å². The molecule has 4 aromatic rings. The molecule has 0 fully saturated rings. The van der Waals surface area contributed by atoms with Crippen LogP contribution in [0.15, 0.2) is 106 Å². The predicted molar refractivity (Wildman–Crippen MR) is 161 cm³/mol. The number of ether oxygens (including phenoxy) is 2. The molecule has 41 heavy (non-hydrogen) atoms. The highest BCUT2D eigenvalue weighted by molar-refractivity contribution is 7.90. The van der Waals surface area contributed by atoms with Gasteiger partial charge in [0.15, 0.2) is 15.5 Å². The van der Waals surface area contributed by atoms with E-state index in [1.165, 1.54) is 19.2 Å². The highest BCUT2D eigenvalue weighted by Gasteiger charge is 2.35. The van der Waals surface area contributed by atoms with E-state index in [1.807, 2.05) is 24.3 Å². The molecule has 10 heteroatoms. The number of aliphatic imine (C=N–C) groups is 2. The molecule has 4 aromatic carbocycles. The maximum absolute atomic E-state index is 11.9. The molecule has 1 unspecified atom stereocenters. The molecule has 0 amide bonds. The molecule has 0 spiro atoms. The van der Waals surface area contributed by atoms with Crippen molar-refractivity contribution in [1.29, 1.82) is 0 Å². The van der Waals surface area contributed by atoms with Crippen molar-refractivity contribution in [3.05, 3.63) is 123 Å². The molecular formula is C31H24Cl2N2O5S. The fourth-order valence-corrected chi connectivity index (χ4v) is 5.60. The lowest BCUT2D eigenvalue weighted by atomic mass is 9.92. The van der Waals surface area contributed by atoms with Gasteiger partial charge in [-0.25, -0.2) is 18.2 Å². The van der Waals surface area contributed by atoms with Crippen LogP contribution in [0.4, 0.5) is 0 Å². The SMILES string of the molecule is COC(=O)c1ccc(CC2(c3ccc(Oc4cccc(S(C)(=O)=O)c4)cc3)N=CC(c3ccc(Cl)cc3Cl)=N2)cc1. The quantitative estimate of drug-likeness (QED) is 0.202. The Hall–Kier alpha value is -3.98. The third kappa shape index (κ3) is 6.35. The van der Waals surface area contributed by atoms with Gasteiger partial charge in [0.1, 0.15) is 11.5 Å². The second-order valence-corrected chi connectivity index (χ2v) is 12.3. The fraction of sp³-hybridized carbons (Fsp3) is 0.129. The second-order valence-electron chi connectivity index (χ2n) is 9.43. The molecule has 0 aliphatic carbocycles. The summed E-state index contributed by atoms with van der Waals surface area (Å²) in [6, 6.07) is 25.9. The normalized spacial score (nSPS) is 16.3. The Morgan fingerprint density at radius 1 is 0.902 bits per heavy atom. The zero-order valence-corrected chi connectivity index (χ0v) is 24.4. The van der Waals surface area contributed by atoms with Gasteiger partial charge in [-0.05, 0) is 66.2 Å². The Balaban J connectivity index is 1.49. The third-order valence-corrected chi connectivity index (χ3v) is 8.18. The average Bonchev–Trinajstić information content (AvgIpc) is 3.37. The van der Waals surface area contributed by atoms with Gasteiger partial charge in [0.2, 0.25) is 0 Å². The summed E-state index contributed by atoms with van der Waals surface area (Å²) in [6.07, 6.45) is 3.24. The third-order valence-electron chi connectivity index (χ3n) is 6.52. The van der Waals surface area contributed by atoms with Crippen LogP contribution >= 0.6 is 23.2 Å². The van der Waals surface area contributed by atoms with E-state index in [0.717, 1.165) is 17.4 Å². The zero-order valence-electron chi connectivity index (χ0n) is 22.0. The van der Waals surface area contributed by atoms with E-state index in [9.17, 15) is 13.2 Å². The lowest BCUT2D eigenvalue weighted by Gasteiger charge is -2.24. The number of carbonyl (C=O) groups is 1. The first-order chi connectivity index (χ1) is 19.6. The average molecular weight is 608 g/mol. The van der Waals surface area contributed by atoms with Gasteiger partial charge < -0.3 is 9.47 Å². The number of benzene rings is 4. The minimum atomic E-state index is -3.37. The minimum Gasteiger partial charge on any atom is -0.465 e. The first kappa shape index (κ1) is 28.5. The van der Waals surface area contributed by atoms with Crippen LogP contribution in [0.1, 0.15) is 27.0 Å². The van der Waals surface area contributed by atoms with Crippen molar-refractivity contribution < 1.29 is 22.7 Å². The van der Waals surface area contributed by atoms with Crippen LogP contribution in [0.25, 0.3) is 0 Å². The van der Waals surface area contributed by atoms with Gasteiger partial charge in [-0.1, -0.05) is 53.5 Å². The van der Waals surface area contributed by atoms with Crippen LogP contribution in [-0.4, -0.2) is 39.7 Å². The van der Waals surface area contributed by atoms with E-state index in [1.54, 1.807) is 60.8 Å². The van der Waals surface area contributed by atoms with E-state index >= 15 is 0 Å². The zero-order chi connectivity index (χ0) is 29.2. The lowest BCUT2D eigenvalue weighted by molar-refractivity contribution is 0.0600. The fourth-order valence-electron chi connectivity index (χ4n) is 4.43. The maximum atomic E-state index is 11.9. The number of carbonyl (C=O) groups excluding carboxylic acids is 1. The summed E-state index contributed by atoms with van der Waals surface area (Å²) >= 11 is 12.6. The molecule has 0 saturated carbocycles. The molecule has 1 aliphatic heterocycles. The van der Waals surface area contributed by atoms with Crippen LogP contribution in [-0.2, 0) is 26.7 Å². The summed E-state index contributed by atoms with van der Waals surface area (Å²) in [4.78, 5) is 22.0. The Morgan fingerprint density at radius 2 is 1.63 bits per heavy atom. The van der Waals surface area contributed by atoms with Gasteiger partial charge in [-0.2, -0.15) is 0 Å². The van der Waals surface area contributed by atoms with Crippen LogP contribution in [0.2, 0.25) is 10.0 Å². The van der Waals surface area contributed by atoms with E-state index in [4.69, 9.17) is 42.7 Å². The lowest BCUT2D eigenvalue weighted by Crippen LogP contribution is -2.23. The number of methoxy groups -OCH3 is 1. The van der Waals surface area contributed by atoms with E-state index < -0.39 is 21.5 Å². The molecule has 7 nitrogen and oxygen atoms in total. The molecule has 0 N–H and O–H groups in total. The molecule has 0 aromatic heterocycles. The smallest absolute Gasteiger partial charge is 0.337 e. The van der Waals surface area contributed by atoms with Crippen molar-refractivity contribution >= 4 is 50.9 Å². The molecule has 0 bridgehead atoms. The molecular weight excluding hydrogens is 583 g/mol. The monoisotopic (exact) mass is 606 g/mol. The Bertz CT molecular complexity index is 1790. The van der Waals surface area contributed by atoms with Gasteiger partial charge in [-0.3, -0.25) is 4.99 Å². The van der Waals surface area contributed by atoms with Crippen molar-refractivity contribution in [2.45, 2.75) is 17.0 Å². The van der Waals surface area contributed by atoms with Gasteiger partial charge in [-0.15, -0.1) is 0 Å². The summed E-state index contributed by atoms with van der Waals surface area (Å²) in [7, 11) is -2.03. The number of rotatable bonds is 8. The summed E-state index contributed by atoms with van der Waals surface area (Å²) < 4.78 is 34.6. The van der Waals surface area contributed by atoms with Gasteiger partial charge in [0.05, 0.1) is 34.5 Å². The summed E-state index contributed by atoms with van der Waals surface area (Å²) in [5.41, 5.74) is 2.44. The Labute approximate surface area is 248 Å². The summed E-state index contributed by atoms with van der Waals surface area (Å²) in [6.45, 7) is 0. The molecule has 1 heterocycles. The van der Waals surface area contributed by atoms with Crippen LogP contribution in [0.3, 0.4) is 0 Å². The highest BCUT2D eigenvalue weighted by Crippen LogP contribution is 2.38. The number of esters is 1. The minimum absolute atomic E-state index is 0.173. The van der Waals surface area contributed by atoms with Crippen molar-refractivity contribution in [2.75, 3.05) is 13.4 Å².